The minimum Gasteiger partial charge on any atom is -0.314 e. The van der Waals surface area contributed by atoms with E-state index in [4.69, 9.17) is 5.73 Å². The largest absolute Gasteiger partial charge is 0.314 e. The second-order valence-electron chi connectivity index (χ2n) is 3.38. The summed E-state index contributed by atoms with van der Waals surface area (Å²) in [7, 11) is 3.92. The Morgan fingerprint density at radius 2 is 2.09 bits per heavy atom. The van der Waals surface area contributed by atoms with Gasteiger partial charge in [0.1, 0.15) is 0 Å². The van der Waals surface area contributed by atoms with E-state index in [1.807, 2.05) is 14.1 Å². The highest BCUT2D eigenvalue weighted by Gasteiger charge is 2.34. The first-order valence-corrected chi connectivity index (χ1v) is 4.38. The second-order valence-corrected chi connectivity index (χ2v) is 3.38. The van der Waals surface area contributed by atoms with Crippen LogP contribution in [0.15, 0.2) is 0 Å². The van der Waals surface area contributed by atoms with Gasteiger partial charge in [-0.1, -0.05) is 12.8 Å². The Bertz CT molecular complexity index is 127. The lowest BCUT2D eigenvalue weighted by molar-refractivity contribution is 0.192. The SMILES string of the molecule is CNC1CCCCC1(N)NC. The summed E-state index contributed by atoms with van der Waals surface area (Å²) in [6.07, 6.45) is 4.81. The zero-order valence-corrected chi connectivity index (χ0v) is 7.48. The van der Waals surface area contributed by atoms with Crippen LogP contribution in [0.1, 0.15) is 25.7 Å². The standard InChI is InChI=1S/C8H19N3/c1-10-7-5-3-4-6-8(7,9)11-2/h7,10-11H,3-6,9H2,1-2H3. The summed E-state index contributed by atoms with van der Waals surface area (Å²) in [5, 5.41) is 6.45. The van der Waals surface area contributed by atoms with Crippen LogP contribution in [-0.4, -0.2) is 25.8 Å². The fourth-order valence-corrected chi connectivity index (χ4v) is 1.90. The first-order chi connectivity index (χ1) is 5.23. The summed E-state index contributed by atoms with van der Waals surface area (Å²) in [4.78, 5) is 0. The smallest absolute Gasteiger partial charge is 0.0817 e. The van der Waals surface area contributed by atoms with Crippen molar-refractivity contribution in [3.63, 3.8) is 0 Å². The van der Waals surface area contributed by atoms with Crippen LogP contribution in [0.3, 0.4) is 0 Å². The van der Waals surface area contributed by atoms with Gasteiger partial charge in [-0.25, -0.2) is 0 Å². The molecule has 0 amide bonds. The lowest BCUT2D eigenvalue weighted by Crippen LogP contribution is -2.65. The minimum absolute atomic E-state index is 0.174. The topological polar surface area (TPSA) is 50.1 Å². The van der Waals surface area contributed by atoms with E-state index in [-0.39, 0.29) is 5.66 Å². The zero-order valence-electron chi connectivity index (χ0n) is 7.48. The summed E-state index contributed by atoms with van der Waals surface area (Å²) < 4.78 is 0. The highest BCUT2D eigenvalue weighted by atomic mass is 15.1. The second kappa shape index (κ2) is 3.52. The van der Waals surface area contributed by atoms with Crippen LogP contribution in [0, 0.1) is 0 Å². The van der Waals surface area contributed by atoms with E-state index >= 15 is 0 Å². The molecule has 2 atom stereocenters. The molecule has 3 nitrogen and oxygen atoms in total. The molecular formula is C8H19N3. The third-order valence-electron chi connectivity index (χ3n) is 2.77. The maximum atomic E-state index is 6.14. The Kier molecular flexibility index (Phi) is 2.87. The fraction of sp³-hybridized carbons (Fsp3) is 1.00. The quantitative estimate of drug-likeness (QED) is 0.495. The van der Waals surface area contributed by atoms with Gasteiger partial charge in [0, 0.05) is 6.04 Å². The third-order valence-corrected chi connectivity index (χ3v) is 2.77. The average Bonchev–Trinajstić information content (AvgIpc) is 2.05. The molecule has 3 heteroatoms. The average molecular weight is 157 g/mol. The molecule has 2 unspecified atom stereocenters. The Hall–Kier alpha value is -0.120. The van der Waals surface area contributed by atoms with Crippen molar-refractivity contribution in [2.75, 3.05) is 14.1 Å². The molecule has 0 radical (unpaired) electrons. The summed E-state index contributed by atoms with van der Waals surface area (Å²) >= 11 is 0. The summed E-state index contributed by atoms with van der Waals surface area (Å²) in [5.41, 5.74) is 5.97. The van der Waals surface area contributed by atoms with Crippen LogP contribution in [0.5, 0.6) is 0 Å². The lowest BCUT2D eigenvalue weighted by atomic mass is 9.85. The molecule has 1 fully saturated rings. The monoisotopic (exact) mass is 157 g/mol. The number of rotatable bonds is 2. The van der Waals surface area contributed by atoms with Gasteiger partial charge in [-0.05, 0) is 26.9 Å². The third kappa shape index (κ3) is 1.72. The van der Waals surface area contributed by atoms with Crippen LogP contribution in [0.2, 0.25) is 0 Å². The molecule has 66 valence electrons. The van der Waals surface area contributed by atoms with Crippen LogP contribution in [0.25, 0.3) is 0 Å². The van der Waals surface area contributed by atoms with Gasteiger partial charge in [0.2, 0.25) is 0 Å². The summed E-state index contributed by atoms with van der Waals surface area (Å²) in [6.45, 7) is 0. The fourth-order valence-electron chi connectivity index (χ4n) is 1.90. The van der Waals surface area contributed by atoms with Crippen LogP contribution in [0.4, 0.5) is 0 Å². The number of hydrogen-bond acceptors (Lipinski definition) is 3. The number of nitrogens with one attached hydrogen (secondary N) is 2. The predicted octanol–water partition coefficient (Wildman–Crippen LogP) is 0.0228. The van der Waals surface area contributed by atoms with Crippen molar-refractivity contribution < 1.29 is 0 Å². The maximum Gasteiger partial charge on any atom is 0.0817 e. The van der Waals surface area contributed by atoms with Gasteiger partial charge in [0.05, 0.1) is 5.66 Å². The molecule has 0 spiro atoms. The van der Waals surface area contributed by atoms with Gasteiger partial charge in [0.25, 0.3) is 0 Å². The normalized spacial score (nSPS) is 39.0. The van der Waals surface area contributed by atoms with E-state index in [0.29, 0.717) is 6.04 Å². The van der Waals surface area contributed by atoms with Crippen LogP contribution in [-0.2, 0) is 0 Å². The Balaban J connectivity index is 2.57. The maximum absolute atomic E-state index is 6.14. The van der Waals surface area contributed by atoms with E-state index in [1.54, 1.807) is 0 Å². The molecule has 0 aromatic carbocycles. The Morgan fingerprint density at radius 3 is 2.55 bits per heavy atom. The molecule has 1 aliphatic rings. The van der Waals surface area contributed by atoms with E-state index in [0.717, 1.165) is 6.42 Å². The lowest BCUT2D eigenvalue weighted by Gasteiger charge is -2.40. The molecule has 0 aromatic rings. The number of hydrogen-bond donors (Lipinski definition) is 3. The van der Waals surface area contributed by atoms with Crippen molar-refractivity contribution in [2.45, 2.75) is 37.4 Å². The van der Waals surface area contributed by atoms with Crippen molar-refractivity contribution >= 4 is 0 Å². The first-order valence-electron chi connectivity index (χ1n) is 4.38. The number of likely N-dealkylation sites (N-methyl/N-ethyl adjacent to an activating group) is 2. The molecule has 4 N–H and O–H groups in total. The predicted molar refractivity (Wildman–Crippen MR) is 47.3 cm³/mol. The molecule has 0 aromatic heterocycles. The molecule has 11 heavy (non-hydrogen) atoms. The first kappa shape index (κ1) is 8.97. The zero-order chi connectivity index (χ0) is 8.32. The molecule has 1 saturated carbocycles. The summed E-state index contributed by atoms with van der Waals surface area (Å²) in [6, 6.07) is 0.432. The molecule has 0 aliphatic heterocycles. The summed E-state index contributed by atoms with van der Waals surface area (Å²) in [5.74, 6) is 0. The van der Waals surface area contributed by atoms with Gasteiger partial charge in [0.15, 0.2) is 0 Å². The molecule has 0 saturated heterocycles. The van der Waals surface area contributed by atoms with Crippen molar-refractivity contribution in [2.24, 2.45) is 5.73 Å². The highest BCUT2D eigenvalue weighted by Crippen LogP contribution is 2.23. The van der Waals surface area contributed by atoms with E-state index < -0.39 is 0 Å². The van der Waals surface area contributed by atoms with Crippen LogP contribution >= 0.6 is 0 Å². The highest BCUT2D eigenvalue weighted by molar-refractivity contribution is 4.95. The molecule has 0 bridgehead atoms. The van der Waals surface area contributed by atoms with E-state index in [9.17, 15) is 0 Å². The Labute approximate surface area is 68.7 Å². The Morgan fingerprint density at radius 1 is 1.36 bits per heavy atom. The van der Waals surface area contributed by atoms with Gasteiger partial charge >= 0.3 is 0 Å². The number of nitrogens with two attached hydrogens (primary N) is 1. The van der Waals surface area contributed by atoms with Crippen molar-refractivity contribution in [1.82, 2.24) is 10.6 Å². The molecule has 1 aliphatic carbocycles. The molecule has 0 heterocycles. The van der Waals surface area contributed by atoms with Gasteiger partial charge in [-0.15, -0.1) is 0 Å². The van der Waals surface area contributed by atoms with Crippen LogP contribution < -0.4 is 16.4 Å². The van der Waals surface area contributed by atoms with Gasteiger partial charge < -0.3 is 16.4 Å². The molecule has 1 rings (SSSR count). The molecular weight excluding hydrogens is 138 g/mol. The van der Waals surface area contributed by atoms with Crippen molar-refractivity contribution in [1.29, 1.82) is 0 Å². The van der Waals surface area contributed by atoms with Crippen molar-refractivity contribution in [3.05, 3.63) is 0 Å². The van der Waals surface area contributed by atoms with E-state index in [1.165, 1.54) is 19.3 Å². The van der Waals surface area contributed by atoms with E-state index in [2.05, 4.69) is 10.6 Å². The van der Waals surface area contributed by atoms with Gasteiger partial charge in [-0.2, -0.15) is 0 Å². The minimum atomic E-state index is -0.174. The van der Waals surface area contributed by atoms with Gasteiger partial charge in [-0.3, -0.25) is 0 Å². The van der Waals surface area contributed by atoms with Crippen molar-refractivity contribution in [3.8, 4) is 0 Å².